The number of amides is 1. The largest absolute Gasteiger partial charge is 0.316 e. The fraction of sp³-hybridized carbons (Fsp3) is 0.364. The molecule has 2 rings (SSSR count). The van der Waals surface area contributed by atoms with Crippen LogP contribution < -0.4 is 10.2 Å². The van der Waals surface area contributed by atoms with Crippen molar-refractivity contribution in [2.45, 2.75) is 6.42 Å². The molecule has 17 heavy (non-hydrogen) atoms. The summed E-state index contributed by atoms with van der Waals surface area (Å²) in [6.45, 7) is 1.42. The van der Waals surface area contributed by atoms with Gasteiger partial charge in [-0.3, -0.25) is 4.79 Å². The maximum Gasteiger partial charge on any atom is 0.246 e. The third-order valence-electron chi connectivity index (χ3n) is 2.67. The van der Waals surface area contributed by atoms with Crippen LogP contribution in [0.5, 0.6) is 0 Å². The Morgan fingerprint density at radius 1 is 1.65 bits per heavy atom. The maximum absolute atomic E-state index is 12.1. The third-order valence-corrected chi connectivity index (χ3v) is 2.89. The van der Waals surface area contributed by atoms with Crippen molar-refractivity contribution >= 4 is 23.3 Å². The molecule has 1 atom stereocenters. The third kappa shape index (κ3) is 2.54. The average molecular weight is 251 g/mol. The van der Waals surface area contributed by atoms with Crippen LogP contribution in [0.25, 0.3) is 0 Å². The summed E-state index contributed by atoms with van der Waals surface area (Å²) in [7, 11) is 0. The van der Waals surface area contributed by atoms with Crippen molar-refractivity contribution in [3.8, 4) is 6.19 Å². The van der Waals surface area contributed by atoms with Gasteiger partial charge >= 0.3 is 0 Å². The molecule has 1 fully saturated rings. The van der Waals surface area contributed by atoms with Crippen molar-refractivity contribution in [3.63, 3.8) is 0 Å². The first-order valence-corrected chi connectivity index (χ1v) is 5.66. The molecule has 0 saturated carbocycles. The van der Waals surface area contributed by atoms with Gasteiger partial charge in [-0.25, -0.2) is 4.98 Å². The predicted octanol–water partition coefficient (Wildman–Crippen LogP) is 1.16. The molecular formula is C11H11ClN4O. The molecule has 0 aliphatic carbocycles. The van der Waals surface area contributed by atoms with Crippen LogP contribution in [0.15, 0.2) is 18.3 Å². The summed E-state index contributed by atoms with van der Waals surface area (Å²) in [4.78, 5) is 17.0. The van der Waals surface area contributed by atoms with Crippen molar-refractivity contribution in [3.05, 3.63) is 23.4 Å². The summed E-state index contributed by atoms with van der Waals surface area (Å²) in [5.74, 6) is -0.0479. The molecule has 6 heteroatoms. The second-order valence-corrected chi connectivity index (χ2v) is 4.23. The molecular weight excluding hydrogens is 240 g/mol. The smallest absolute Gasteiger partial charge is 0.246 e. The molecule has 1 aliphatic heterocycles. The lowest BCUT2D eigenvalue weighted by Gasteiger charge is -2.16. The van der Waals surface area contributed by atoms with E-state index >= 15 is 0 Å². The highest BCUT2D eigenvalue weighted by Gasteiger charge is 2.28. The zero-order chi connectivity index (χ0) is 12.3. The molecule has 0 bridgehead atoms. The molecule has 1 aromatic heterocycles. The van der Waals surface area contributed by atoms with Gasteiger partial charge in [0.05, 0.1) is 10.9 Å². The summed E-state index contributed by atoms with van der Waals surface area (Å²) in [6, 6.07) is 3.17. The lowest BCUT2D eigenvalue weighted by atomic mass is 10.1. The molecule has 0 spiro atoms. The van der Waals surface area contributed by atoms with E-state index < -0.39 is 0 Å². The van der Waals surface area contributed by atoms with E-state index in [2.05, 4.69) is 10.3 Å². The summed E-state index contributed by atoms with van der Waals surface area (Å²) < 4.78 is 0. The topological polar surface area (TPSA) is 69.0 Å². The molecule has 1 N–H and O–H groups in total. The van der Waals surface area contributed by atoms with Gasteiger partial charge in [-0.1, -0.05) is 11.6 Å². The van der Waals surface area contributed by atoms with Gasteiger partial charge in [0.15, 0.2) is 6.19 Å². The molecule has 1 aliphatic rings. The number of rotatable bonds is 2. The predicted molar refractivity (Wildman–Crippen MR) is 63.3 cm³/mol. The van der Waals surface area contributed by atoms with Gasteiger partial charge in [-0.05, 0) is 25.1 Å². The van der Waals surface area contributed by atoms with E-state index in [0.29, 0.717) is 17.4 Å². The first-order chi connectivity index (χ1) is 8.22. The number of nitrogens with one attached hydrogen (secondary N) is 1. The number of nitrogens with zero attached hydrogens (tertiary/aromatic N) is 3. The summed E-state index contributed by atoms with van der Waals surface area (Å²) in [5.41, 5.74) is 0. The van der Waals surface area contributed by atoms with E-state index in [1.165, 1.54) is 6.20 Å². The van der Waals surface area contributed by atoms with Gasteiger partial charge < -0.3 is 5.32 Å². The fourth-order valence-corrected chi connectivity index (χ4v) is 1.87. The number of pyridine rings is 1. The Labute approximate surface area is 104 Å². The number of nitriles is 1. The maximum atomic E-state index is 12.1. The van der Waals surface area contributed by atoms with E-state index in [1.807, 2.05) is 6.19 Å². The van der Waals surface area contributed by atoms with Gasteiger partial charge in [0.2, 0.25) is 5.91 Å². The Hall–Kier alpha value is -1.64. The normalized spacial score (nSPS) is 18.7. The van der Waals surface area contributed by atoms with Crippen LogP contribution >= 0.6 is 11.6 Å². The van der Waals surface area contributed by atoms with Crippen LogP contribution in [0, 0.1) is 17.4 Å². The molecule has 0 radical (unpaired) electrons. The molecule has 88 valence electrons. The quantitative estimate of drug-likeness (QED) is 0.632. The molecule has 1 amide bonds. The van der Waals surface area contributed by atoms with Crippen LogP contribution in [0.3, 0.4) is 0 Å². The highest BCUT2D eigenvalue weighted by molar-refractivity contribution is 6.30. The zero-order valence-electron chi connectivity index (χ0n) is 9.06. The Bertz CT molecular complexity index is 448. The number of carbonyl (C=O) groups excluding carboxylic acids is 1. The number of carbonyl (C=O) groups is 1. The average Bonchev–Trinajstić information content (AvgIpc) is 2.86. The molecule has 1 aromatic rings. The highest BCUT2D eigenvalue weighted by Crippen LogP contribution is 2.18. The number of aromatic nitrogens is 1. The number of anilines is 1. The molecule has 1 unspecified atom stereocenters. The minimum absolute atomic E-state index is 0.146. The fourth-order valence-electron chi connectivity index (χ4n) is 1.76. The minimum Gasteiger partial charge on any atom is -0.316 e. The van der Waals surface area contributed by atoms with E-state index in [4.69, 9.17) is 16.9 Å². The number of halogens is 1. The van der Waals surface area contributed by atoms with E-state index in [0.717, 1.165) is 17.9 Å². The molecule has 0 aromatic carbocycles. The first-order valence-electron chi connectivity index (χ1n) is 5.28. The number of hydrogen-bond acceptors (Lipinski definition) is 4. The van der Waals surface area contributed by atoms with Crippen molar-refractivity contribution < 1.29 is 4.79 Å². The van der Waals surface area contributed by atoms with Crippen molar-refractivity contribution in [1.82, 2.24) is 10.3 Å². The van der Waals surface area contributed by atoms with Gasteiger partial charge in [0.1, 0.15) is 5.82 Å². The van der Waals surface area contributed by atoms with Crippen LogP contribution in [0.4, 0.5) is 5.82 Å². The van der Waals surface area contributed by atoms with Crippen LogP contribution in [-0.2, 0) is 4.79 Å². The van der Waals surface area contributed by atoms with Crippen LogP contribution in [-0.4, -0.2) is 24.0 Å². The minimum atomic E-state index is -0.215. The zero-order valence-corrected chi connectivity index (χ0v) is 9.81. The van der Waals surface area contributed by atoms with Gasteiger partial charge in [-0.15, -0.1) is 0 Å². The highest BCUT2D eigenvalue weighted by atomic mass is 35.5. The van der Waals surface area contributed by atoms with Crippen LogP contribution in [0.2, 0.25) is 5.02 Å². The van der Waals surface area contributed by atoms with E-state index in [-0.39, 0.29) is 11.8 Å². The molecule has 1 saturated heterocycles. The number of hydrogen-bond donors (Lipinski definition) is 1. The first kappa shape index (κ1) is 11.8. The molecule has 2 heterocycles. The van der Waals surface area contributed by atoms with Gasteiger partial charge in [0, 0.05) is 12.7 Å². The summed E-state index contributed by atoms with van der Waals surface area (Å²) in [6.07, 6.45) is 4.04. The van der Waals surface area contributed by atoms with Gasteiger partial charge in [0.25, 0.3) is 0 Å². The lowest BCUT2D eigenvalue weighted by molar-refractivity contribution is -0.121. The van der Waals surface area contributed by atoms with Crippen molar-refractivity contribution in [2.24, 2.45) is 5.92 Å². The van der Waals surface area contributed by atoms with Crippen molar-refractivity contribution in [1.29, 1.82) is 5.26 Å². The lowest BCUT2D eigenvalue weighted by Crippen LogP contribution is -2.34. The summed E-state index contributed by atoms with van der Waals surface area (Å²) in [5, 5.41) is 12.6. The second kappa shape index (κ2) is 5.13. The van der Waals surface area contributed by atoms with Crippen molar-refractivity contribution in [2.75, 3.05) is 18.0 Å². The second-order valence-electron chi connectivity index (χ2n) is 3.80. The van der Waals surface area contributed by atoms with E-state index in [9.17, 15) is 4.79 Å². The van der Waals surface area contributed by atoms with Crippen LogP contribution in [0.1, 0.15) is 6.42 Å². The Morgan fingerprint density at radius 3 is 3.00 bits per heavy atom. The van der Waals surface area contributed by atoms with E-state index in [1.54, 1.807) is 12.1 Å². The van der Waals surface area contributed by atoms with Gasteiger partial charge in [-0.2, -0.15) is 10.2 Å². The SMILES string of the molecule is N#CN(C(=O)C1CCNC1)c1ccc(Cl)cn1. The standard InChI is InChI=1S/C11H11ClN4O/c12-9-1-2-10(15-6-9)16(7-13)11(17)8-3-4-14-5-8/h1-2,6,8,14H,3-5H2. The Balaban J connectivity index is 2.18. The monoisotopic (exact) mass is 250 g/mol. The Kier molecular flexibility index (Phi) is 3.57. The summed E-state index contributed by atoms with van der Waals surface area (Å²) >= 11 is 5.71. The molecule has 5 nitrogen and oxygen atoms in total. The Morgan fingerprint density at radius 2 is 2.47 bits per heavy atom.